The zero-order valence-corrected chi connectivity index (χ0v) is 26.2. The molecular formula is C32H45IO3Si. The van der Waals surface area contributed by atoms with Crippen molar-refractivity contribution in [2.45, 2.75) is 89.6 Å². The summed E-state index contributed by atoms with van der Waals surface area (Å²) in [6.45, 7) is 18.1. The average Bonchev–Trinajstić information content (AvgIpc) is 3.22. The highest BCUT2D eigenvalue weighted by molar-refractivity contribution is 14.1. The van der Waals surface area contributed by atoms with E-state index in [2.05, 4.69) is 124 Å². The van der Waals surface area contributed by atoms with Crippen LogP contribution in [0.3, 0.4) is 0 Å². The predicted octanol–water partition coefficient (Wildman–Crippen LogP) is 7.17. The molecule has 3 nitrogen and oxygen atoms in total. The molecule has 2 aromatic carbocycles. The summed E-state index contributed by atoms with van der Waals surface area (Å²) in [5.74, 6) is 0.326. The molecule has 1 fully saturated rings. The Morgan fingerprint density at radius 1 is 1.08 bits per heavy atom. The van der Waals surface area contributed by atoms with Gasteiger partial charge in [-0.3, -0.25) is 0 Å². The molecule has 1 aliphatic heterocycles. The van der Waals surface area contributed by atoms with Crippen LogP contribution in [-0.4, -0.2) is 38.3 Å². The van der Waals surface area contributed by atoms with Gasteiger partial charge in [-0.2, -0.15) is 0 Å². The van der Waals surface area contributed by atoms with Crippen molar-refractivity contribution < 1.29 is 14.3 Å². The number of hydrogen-bond donors (Lipinski definition) is 1. The molecular weight excluding hydrogens is 587 g/mol. The van der Waals surface area contributed by atoms with Crippen LogP contribution in [0.15, 0.2) is 83.0 Å². The summed E-state index contributed by atoms with van der Waals surface area (Å²) < 4.78 is 14.5. The molecule has 2 aromatic rings. The van der Waals surface area contributed by atoms with Crippen LogP contribution in [0, 0.1) is 5.92 Å². The van der Waals surface area contributed by atoms with E-state index in [0.29, 0.717) is 12.5 Å². The minimum Gasteiger partial charge on any atom is -0.407 e. The Kier molecular flexibility index (Phi) is 11.2. The van der Waals surface area contributed by atoms with Gasteiger partial charge in [0.1, 0.15) is 0 Å². The van der Waals surface area contributed by atoms with Crippen molar-refractivity contribution in [2.75, 3.05) is 6.61 Å². The maximum Gasteiger partial charge on any atom is 0.261 e. The van der Waals surface area contributed by atoms with Gasteiger partial charge in [0.2, 0.25) is 0 Å². The van der Waals surface area contributed by atoms with Gasteiger partial charge in [0, 0.05) is 6.61 Å². The topological polar surface area (TPSA) is 38.7 Å². The van der Waals surface area contributed by atoms with E-state index in [4.69, 9.17) is 9.16 Å². The molecule has 0 spiro atoms. The number of benzene rings is 2. The van der Waals surface area contributed by atoms with Crippen LogP contribution in [-0.2, 0) is 9.16 Å². The lowest BCUT2D eigenvalue weighted by Gasteiger charge is -2.43. The number of halogens is 1. The summed E-state index contributed by atoms with van der Waals surface area (Å²) in [6.07, 6.45) is 5.05. The van der Waals surface area contributed by atoms with Crippen molar-refractivity contribution in [1.29, 1.82) is 0 Å². The second kappa shape index (κ2) is 13.7. The van der Waals surface area contributed by atoms with Crippen molar-refractivity contribution in [3.8, 4) is 0 Å². The molecule has 37 heavy (non-hydrogen) atoms. The molecule has 0 aliphatic carbocycles. The number of aliphatic hydroxyl groups excluding tert-OH is 1. The number of allylic oxidation sites excluding steroid dienone is 1. The lowest BCUT2D eigenvalue weighted by Crippen LogP contribution is -2.66. The van der Waals surface area contributed by atoms with Gasteiger partial charge >= 0.3 is 0 Å². The largest absolute Gasteiger partial charge is 0.407 e. The Balaban J connectivity index is 1.58. The van der Waals surface area contributed by atoms with E-state index in [-0.39, 0.29) is 23.4 Å². The fourth-order valence-corrected chi connectivity index (χ4v) is 10.4. The molecule has 1 N–H and O–H groups in total. The van der Waals surface area contributed by atoms with Crippen LogP contribution in [0.2, 0.25) is 5.04 Å². The summed E-state index contributed by atoms with van der Waals surface area (Å²) in [5.41, 5.74) is 1.16. The van der Waals surface area contributed by atoms with Crippen molar-refractivity contribution in [1.82, 2.24) is 0 Å². The molecule has 202 valence electrons. The Morgan fingerprint density at radius 3 is 2.16 bits per heavy atom. The van der Waals surface area contributed by atoms with Gasteiger partial charge in [-0.15, -0.1) is 0 Å². The first-order chi connectivity index (χ1) is 17.5. The molecule has 0 saturated carbocycles. The second-order valence-corrected chi connectivity index (χ2v) is 17.3. The van der Waals surface area contributed by atoms with E-state index in [1.54, 1.807) is 0 Å². The normalized spacial score (nSPS) is 20.1. The SMILES string of the molecule is C=C(I)[C@H](C)C[C@H](O)CC[C@@H]1O[C@@H](CCCO[Si](c2ccccc2)(c2ccccc2)C(C)(C)C)CC1=C. The first-order valence-corrected chi connectivity index (χ1v) is 16.6. The fraction of sp³-hybridized carbons (Fsp3) is 0.500. The van der Waals surface area contributed by atoms with E-state index in [1.807, 2.05) is 0 Å². The first kappa shape index (κ1) is 30.3. The van der Waals surface area contributed by atoms with Gasteiger partial charge in [0.05, 0.1) is 18.3 Å². The molecule has 4 atom stereocenters. The summed E-state index contributed by atoms with van der Waals surface area (Å²) in [7, 11) is -2.49. The van der Waals surface area contributed by atoms with Crippen LogP contribution in [0.5, 0.6) is 0 Å². The molecule has 0 radical (unpaired) electrons. The minimum atomic E-state index is -2.49. The standard InChI is InChI=1S/C32H45IO3Si/c1-24(26(3)33)22-27(34)19-20-31-25(2)23-28(36-31)14-13-21-35-37(32(4,5)6,29-15-9-7-10-16-29)30-17-11-8-12-18-30/h7-12,15-18,24,27-28,31,34H,2-3,13-14,19-23H2,1,4-6H3/t24-,27-,28+,31+/m1/s1. The molecule has 3 rings (SSSR count). The Bertz CT molecular complexity index is 962. The van der Waals surface area contributed by atoms with Crippen LogP contribution in [0.1, 0.15) is 66.2 Å². The zero-order valence-electron chi connectivity index (χ0n) is 23.1. The lowest BCUT2D eigenvalue weighted by molar-refractivity contribution is 0.0295. The molecule has 0 bridgehead atoms. The number of aliphatic hydroxyl groups is 1. The maximum atomic E-state index is 10.4. The van der Waals surface area contributed by atoms with Gasteiger partial charge in [-0.1, -0.05) is 102 Å². The predicted molar refractivity (Wildman–Crippen MR) is 167 cm³/mol. The minimum absolute atomic E-state index is 0.0130. The third kappa shape index (κ3) is 7.88. The van der Waals surface area contributed by atoms with Crippen molar-refractivity contribution in [3.05, 3.63) is 83.0 Å². The molecule has 0 amide bonds. The Morgan fingerprint density at radius 2 is 1.65 bits per heavy atom. The molecule has 0 aromatic heterocycles. The van der Waals surface area contributed by atoms with Gasteiger partial charge in [-0.05, 0) is 91.6 Å². The number of rotatable bonds is 13. The number of ether oxygens (including phenoxy) is 1. The highest BCUT2D eigenvalue weighted by atomic mass is 127. The van der Waals surface area contributed by atoms with E-state index in [1.165, 1.54) is 10.4 Å². The van der Waals surface area contributed by atoms with Crippen LogP contribution < -0.4 is 10.4 Å². The maximum absolute atomic E-state index is 10.4. The highest BCUT2D eigenvalue weighted by Crippen LogP contribution is 2.37. The lowest BCUT2D eigenvalue weighted by atomic mass is 9.97. The van der Waals surface area contributed by atoms with Crippen molar-refractivity contribution in [2.24, 2.45) is 5.92 Å². The average molecular weight is 633 g/mol. The van der Waals surface area contributed by atoms with E-state index >= 15 is 0 Å². The van der Waals surface area contributed by atoms with E-state index in [0.717, 1.165) is 47.7 Å². The molecule has 0 unspecified atom stereocenters. The summed E-state index contributed by atoms with van der Waals surface area (Å²) in [5, 5.41) is 13.1. The second-order valence-electron chi connectivity index (χ2n) is 11.6. The quantitative estimate of drug-likeness (QED) is 0.110. The monoisotopic (exact) mass is 632 g/mol. The van der Waals surface area contributed by atoms with Crippen LogP contribution >= 0.6 is 22.6 Å². The van der Waals surface area contributed by atoms with Crippen LogP contribution in [0.4, 0.5) is 0 Å². The highest BCUT2D eigenvalue weighted by Gasteiger charge is 2.50. The van der Waals surface area contributed by atoms with Gasteiger partial charge in [0.25, 0.3) is 8.32 Å². The van der Waals surface area contributed by atoms with Gasteiger partial charge in [-0.25, -0.2) is 0 Å². The summed E-state index contributed by atoms with van der Waals surface area (Å²) >= 11 is 2.25. The summed E-state index contributed by atoms with van der Waals surface area (Å²) in [4.78, 5) is 0. The Labute approximate surface area is 239 Å². The van der Waals surface area contributed by atoms with Crippen molar-refractivity contribution in [3.63, 3.8) is 0 Å². The van der Waals surface area contributed by atoms with Gasteiger partial charge < -0.3 is 14.3 Å². The smallest absolute Gasteiger partial charge is 0.261 e. The third-order valence-electron chi connectivity index (χ3n) is 7.63. The summed E-state index contributed by atoms with van der Waals surface area (Å²) in [6, 6.07) is 21.6. The zero-order chi connectivity index (χ0) is 27.1. The fourth-order valence-electron chi connectivity index (χ4n) is 5.54. The van der Waals surface area contributed by atoms with Crippen molar-refractivity contribution >= 4 is 41.3 Å². The molecule has 1 heterocycles. The molecule has 1 aliphatic rings. The van der Waals surface area contributed by atoms with Gasteiger partial charge in [0.15, 0.2) is 0 Å². The van der Waals surface area contributed by atoms with Crippen LogP contribution in [0.25, 0.3) is 0 Å². The van der Waals surface area contributed by atoms with E-state index in [9.17, 15) is 5.11 Å². The van der Waals surface area contributed by atoms with E-state index < -0.39 is 8.32 Å². The Hall–Kier alpha value is -1.25. The molecule has 5 heteroatoms. The first-order valence-electron chi connectivity index (χ1n) is 13.6. The third-order valence-corrected chi connectivity index (χ3v) is 13.7. The molecule has 1 saturated heterocycles. The number of hydrogen-bond acceptors (Lipinski definition) is 3.